The second-order valence-corrected chi connectivity index (χ2v) is 4.37. The SMILES string of the molecule is COC(CN)CC(=O)N1C(C)CCC1C. The zero-order chi connectivity index (χ0) is 11.4. The van der Waals surface area contributed by atoms with Crippen molar-refractivity contribution in [3.8, 4) is 0 Å². The van der Waals surface area contributed by atoms with Crippen LogP contribution < -0.4 is 5.73 Å². The van der Waals surface area contributed by atoms with E-state index in [2.05, 4.69) is 13.8 Å². The quantitative estimate of drug-likeness (QED) is 0.751. The minimum atomic E-state index is -0.141. The van der Waals surface area contributed by atoms with Crippen molar-refractivity contribution in [1.29, 1.82) is 0 Å². The molecule has 0 aromatic carbocycles. The number of hydrogen-bond donors (Lipinski definition) is 1. The molecule has 1 fully saturated rings. The summed E-state index contributed by atoms with van der Waals surface area (Å²) in [5.74, 6) is 0.171. The lowest BCUT2D eigenvalue weighted by Crippen LogP contribution is -2.41. The van der Waals surface area contributed by atoms with Gasteiger partial charge >= 0.3 is 0 Å². The van der Waals surface area contributed by atoms with E-state index in [4.69, 9.17) is 10.5 Å². The summed E-state index contributed by atoms with van der Waals surface area (Å²) in [7, 11) is 1.60. The molecule has 1 amide bonds. The van der Waals surface area contributed by atoms with Crippen molar-refractivity contribution >= 4 is 5.91 Å². The van der Waals surface area contributed by atoms with Crippen LogP contribution in [0.5, 0.6) is 0 Å². The number of nitrogens with zero attached hydrogens (tertiary/aromatic N) is 1. The Bertz CT molecular complexity index is 207. The van der Waals surface area contributed by atoms with Crippen LogP contribution in [0.3, 0.4) is 0 Å². The van der Waals surface area contributed by atoms with E-state index >= 15 is 0 Å². The Morgan fingerprint density at radius 2 is 2.00 bits per heavy atom. The molecule has 0 aliphatic carbocycles. The van der Waals surface area contributed by atoms with E-state index in [9.17, 15) is 4.79 Å². The third-order valence-corrected chi connectivity index (χ3v) is 3.24. The smallest absolute Gasteiger partial charge is 0.225 e. The average molecular weight is 214 g/mol. The summed E-state index contributed by atoms with van der Waals surface area (Å²) in [6.45, 7) is 4.61. The summed E-state index contributed by atoms with van der Waals surface area (Å²) in [4.78, 5) is 14.0. The second-order valence-electron chi connectivity index (χ2n) is 4.37. The Balaban J connectivity index is 2.52. The van der Waals surface area contributed by atoms with Gasteiger partial charge in [0.15, 0.2) is 0 Å². The molecule has 88 valence electrons. The third-order valence-electron chi connectivity index (χ3n) is 3.24. The van der Waals surface area contributed by atoms with Crippen molar-refractivity contribution < 1.29 is 9.53 Å². The maximum atomic E-state index is 12.0. The molecule has 0 saturated carbocycles. The lowest BCUT2D eigenvalue weighted by atomic mass is 10.2. The molecule has 1 heterocycles. The first-order chi connectivity index (χ1) is 7.10. The van der Waals surface area contributed by atoms with Gasteiger partial charge in [0.05, 0.1) is 12.5 Å². The normalized spacial score (nSPS) is 28.1. The standard InChI is InChI=1S/C11H22N2O2/c1-8-4-5-9(2)13(8)11(14)6-10(7-12)15-3/h8-10H,4-7,12H2,1-3H3. The first-order valence-electron chi connectivity index (χ1n) is 5.64. The van der Waals surface area contributed by atoms with Crippen LogP contribution >= 0.6 is 0 Å². The van der Waals surface area contributed by atoms with Crippen LogP contribution in [0, 0.1) is 0 Å². The first-order valence-corrected chi connectivity index (χ1v) is 5.64. The topological polar surface area (TPSA) is 55.6 Å². The second kappa shape index (κ2) is 5.47. The van der Waals surface area contributed by atoms with Crippen LogP contribution in [0.1, 0.15) is 33.1 Å². The fourth-order valence-electron chi connectivity index (χ4n) is 2.25. The largest absolute Gasteiger partial charge is 0.380 e. The monoisotopic (exact) mass is 214 g/mol. The fourth-order valence-corrected chi connectivity index (χ4v) is 2.25. The van der Waals surface area contributed by atoms with Crippen molar-refractivity contribution in [2.45, 2.75) is 51.3 Å². The molecular weight excluding hydrogens is 192 g/mol. The lowest BCUT2D eigenvalue weighted by Gasteiger charge is -2.27. The van der Waals surface area contributed by atoms with Gasteiger partial charge in [0.2, 0.25) is 5.91 Å². The van der Waals surface area contributed by atoms with E-state index in [0.717, 1.165) is 12.8 Å². The number of hydrogen-bond acceptors (Lipinski definition) is 3. The van der Waals surface area contributed by atoms with Crippen molar-refractivity contribution in [2.24, 2.45) is 5.73 Å². The molecule has 2 N–H and O–H groups in total. The van der Waals surface area contributed by atoms with E-state index in [-0.39, 0.29) is 12.0 Å². The van der Waals surface area contributed by atoms with E-state index < -0.39 is 0 Å². The molecule has 0 radical (unpaired) electrons. The van der Waals surface area contributed by atoms with Crippen molar-refractivity contribution in [3.05, 3.63) is 0 Å². The minimum Gasteiger partial charge on any atom is -0.380 e. The number of methoxy groups -OCH3 is 1. The molecule has 1 aliphatic rings. The predicted molar refractivity (Wildman–Crippen MR) is 59.5 cm³/mol. The van der Waals surface area contributed by atoms with Gasteiger partial charge in [-0.15, -0.1) is 0 Å². The summed E-state index contributed by atoms with van der Waals surface area (Å²) in [6.07, 6.45) is 2.47. The number of rotatable bonds is 4. The Morgan fingerprint density at radius 1 is 1.47 bits per heavy atom. The Labute approximate surface area is 91.8 Å². The Kier molecular flexibility index (Phi) is 4.54. The molecule has 4 nitrogen and oxygen atoms in total. The molecule has 3 unspecified atom stereocenters. The zero-order valence-electron chi connectivity index (χ0n) is 9.90. The maximum Gasteiger partial charge on any atom is 0.225 e. The van der Waals surface area contributed by atoms with Crippen LogP contribution in [0.25, 0.3) is 0 Å². The highest BCUT2D eigenvalue weighted by Crippen LogP contribution is 2.24. The lowest BCUT2D eigenvalue weighted by molar-refractivity contribution is -0.135. The molecular formula is C11H22N2O2. The van der Waals surface area contributed by atoms with Crippen molar-refractivity contribution in [3.63, 3.8) is 0 Å². The van der Waals surface area contributed by atoms with Gasteiger partial charge in [-0.25, -0.2) is 0 Å². The van der Waals surface area contributed by atoms with Crippen LogP contribution in [0.2, 0.25) is 0 Å². The molecule has 1 saturated heterocycles. The van der Waals surface area contributed by atoms with Crippen LogP contribution in [-0.2, 0) is 9.53 Å². The summed E-state index contributed by atoms with van der Waals surface area (Å²) >= 11 is 0. The van der Waals surface area contributed by atoms with E-state index in [1.54, 1.807) is 7.11 Å². The third kappa shape index (κ3) is 2.92. The van der Waals surface area contributed by atoms with Crippen LogP contribution in [0.4, 0.5) is 0 Å². The number of amides is 1. The predicted octanol–water partition coefficient (Wildman–Crippen LogP) is 0.750. The van der Waals surface area contributed by atoms with E-state index in [1.165, 1.54) is 0 Å². The molecule has 4 heteroatoms. The Morgan fingerprint density at radius 3 is 2.40 bits per heavy atom. The number of carbonyl (C=O) groups is 1. The van der Waals surface area contributed by atoms with Gasteiger partial charge in [-0.1, -0.05) is 0 Å². The van der Waals surface area contributed by atoms with Gasteiger partial charge in [0.1, 0.15) is 0 Å². The van der Waals surface area contributed by atoms with Crippen LogP contribution in [0.15, 0.2) is 0 Å². The first kappa shape index (κ1) is 12.5. The number of nitrogens with two attached hydrogens (primary N) is 1. The van der Waals surface area contributed by atoms with Crippen LogP contribution in [-0.4, -0.2) is 42.6 Å². The summed E-state index contributed by atoms with van der Waals surface area (Å²) in [6, 6.07) is 0.727. The van der Waals surface area contributed by atoms with Gasteiger partial charge in [0.25, 0.3) is 0 Å². The maximum absolute atomic E-state index is 12.0. The highest BCUT2D eigenvalue weighted by atomic mass is 16.5. The average Bonchev–Trinajstić information content (AvgIpc) is 2.55. The fraction of sp³-hybridized carbons (Fsp3) is 0.909. The minimum absolute atomic E-state index is 0.141. The van der Waals surface area contributed by atoms with Gasteiger partial charge in [-0.2, -0.15) is 0 Å². The van der Waals surface area contributed by atoms with Crippen molar-refractivity contribution in [1.82, 2.24) is 4.90 Å². The van der Waals surface area contributed by atoms with Gasteiger partial charge in [0, 0.05) is 25.7 Å². The molecule has 0 bridgehead atoms. The molecule has 0 spiro atoms. The molecule has 15 heavy (non-hydrogen) atoms. The number of ether oxygens (including phenoxy) is 1. The Hall–Kier alpha value is -0.610. The summed E-state index contributed by atoms with van der Waals surface area (Å²) < 4.78 is 5.13. The number of carbonyl (C=O) groups excluding carboxylic acids is 1. The molecule has 1 rings (SSSR count). The number of likely N-dealkylation sites (tertiary alicyclic amines) is 1. The molecule has 3 atom stereocenters. The van der Waals surface area contributed by atoms with Crippen molar-refractivity contribution in [2.75, 3.05) is 13.7 Å². The highest BCUT2D eigenvalue weighted by molar-refractivity contribution is 5.77. The van der Waals surface area contributed by atoms with E-state index in [0.29, 0.717) is 25.0 Å². The van der Waals surface area contributed by atoms with Gasteiger partial charge < -0.3 is 15.4 Å². The molecule has 1 aliphatic heterocycles. The van der Waals surface area contributed by atoms with E-state index in [1.807, 2.05) is 4.90 Å². The zero-order valence-corrected chi connectivity index (χ0v) is 9.90. The highest BCUT2D eigenvalue weighted by Gasteiger charge is 2.31. The molecule has 0 aromatic heterocycles. The van der Waals surface area contributed by atoms with Gasteiger partial charge in [-0.05, 0) is 26.7 Å². The summed E-state index contributed by atoms with van der Waals surface area (Å²) in [5.41, 5.74) is 5.50. The molecule has 0 aromatic rings. The summed E-state index contributed by atoms with van der Waals surface area (Å²) in [5, 5.41) is 0. The van der Waals surface area contributed by atoms with Gasteiger partial charge in [-0.3, -0.25) is 4.79 Å².